The van der Waals surface area contributed by atoms with Crippen LogP contribution in [0.5, 0.6) is 5.75 Å². The highest BCUT2D eigenvalue weighted by atomic mass is 32.1. The topological polar surface area (TPSA) is 58.2 Å². The molecule has 2 aromatic heterocycles. The van der Waals surface area contributed by atoms with Gasteiger partial charge in [0.1, 0.15) is 5.75 Å². The maximum absolute atomic E-state index is 12.3. The van der Waals surface area contributed by atoms with Crippen LogP contribution in [0.1, 0.15) is 28.9 Å². The lowest BCUT2D eigenvalue weighted by molar-refractivity contribution is 0.0891. The molecule has 0 saturated carbocycles. The lowest BCUT2D eigenvalue weighted by Crippen LogP contribution is -2.37. The largest absolute Gasteiger partial charge is 0.493 e. The van der Waals surface area contributed by atoms with Crippen LogP contribution in [0.3, 0.4) is 0 Å². The smallest absolute Gasteiger partial charge is 0.186 e. The van der Waals surface area contributed by atoms with Crippen molar-refractivity contribution >= 4 is 17.1 Å². The van der Waals surface area contributed by atoms with E-state index in [1.54, 1.807) is 6.33 Å². The van der Waals surface area contributed by atoms with E-state index in [9.17, 15) is 4.79 Å². The zero-order valence-corrected chi connectivity index (χ0v) is 16.7. The standard InChI is InChI=1S/C22H25N3O2S/c26-20(22-6-3-13-28-22)15-25-10-7-17(8-11-25)9-12-27-21-5-2-1-4-18(21)19-14-23-16-24-19/h1-6,13-14,16-17H,7-12,15H2,(H,23,24). The highest BCUT2D eigenvalue weighted by Gasteiger charge is 2.21. The second-order valence-corrected chi connectivity index (χ2v) is 8.17. The number of ether oxygens (including phenoxy) is 1. The number of aromatic amines is 1. The molecule has 28 heavy (non-hydrogen) atoms. The SMILES string of the molecule is O=C(CN1CCC(CCOc2ccccc2-c2cnc[nH]2)CC1)c1cccs1. The van der Waals surface area contributed by atoms with E-state index in [-0.39, 0.29) is 5.78 Å². The van der Waals surface area contributed by atoms with E-state index in [1.807, 2.05) is 48.0 Å². The zero-order valence-electron chi connectivity index (χ0n) is 15.8. The first-order valence-electron chi connectivity index (χ1n) is 9.79. The number of para-hydroxylation sites is 1. The van der Waals surface area contributed by atoms with Crippen molar-refractivity contribution < 1.29 is 9.53 Å². The number of ketones is 1. The number of Topliss-reactive ketones (excluding diaryl/α,β-unsaturated/α-hetero) is 1. The molecule has 1 aliphatic heterocycles. The average molecular weight is 396 g/mol. The van der Waals surface area contributed by atoms with Gasteiger partial charge in [-0.2, -0.15) is 0 Å². The Morgan fingerprint density at radius 2 is 2.07 bits per heavy atom. The van der Waals surface area contributed by atoms with Crippen molar-refractivity contribution in [2.45, 2.75) is 19.3 Å². The molecule has 0 unspecified atom stereocenters. The number of carbonyl (C=O) groups is 1. The van der Waals surface area contributed by atoms with Crippen molar-refractivity contribution in [2.75, 3.05) is 26.2 Å². The monoisotopic (exact) mass is 395 g/mol. The Morgan fingerprint density at radius 1 is 1.21 bits per heavy atom. The highest BCUT2D eigenvalue weighted by Crippen LogP contribution is 2.29. The summed E-state index contributed by atoms with van der Waals surface area (Å²) in [6.45, 7) is 3.24. The van der Waals surface area contributed by atoms with Crippen molar-refractivity contribution in [1.29, 1.82) is 0 Å². The van der Waals surface area contributed by atoms with Gasteiger partial charge in [-0.1, -0.05) is 18.2 Å². The molecule has 1 aromatic carbocycles. The fourth-order valence-corrected chi connectivity index (χ4v) is 4.36. The van der Waals surface area contributed by atoms with Crippen LogP contribution in [0, 0.1) is 5.92 Å². The Morgan fingerprint density at radius 3 is 2.82 bits per heavy atom. The first-order valence-corrected chi connectivity index (χ1v) is 10.7. The second kappa shape index (κ2) is 9.17. The molecule has 1 aliphatic rings. The van der Waals surface area contributed by atoms with Crippen molar-refractivity contribution in [2.24, 2.45) is 5.92 Å². The number of H-pyrrole nitrogens is 1. The summed E-state index contributed by atoms with van der Waals surface area (Å²) >= 11 is 1.53. The number of carbonyl (C=O) groups excluding carboxylic acids is 1. The number of nitrogens with zero attached hydrogens (tertiary/aromatic N) is 2. The highest BCUT2D eigenvalue weighted by molar-refractivity contribution is 7.12. The Kier molecular flexibility index (Phi) is 6.19. The molecule has 1 fully saturated rings. The molecule has 0 radical (unpaired) electrons. The summed E-state index contributed by atoms with van der Waals surface area (Å²) in [5.74, 6) is 1.80. The third kappa shape index (κ3) is 4.69. The number of nitrogens with one attached hydrogen (secondary N) is 1. The van der Waals surface area contributed by atoms with Gasteiger partial charge < -0.3 is 9.72 Å². The van der Waals surface area contributed by atoms with Crippen LogP contribution in [-0.2, 0) is 0 Å². The van der Waals surface area contributed by atoms with E-state index in [1.165, 1.54) is 11.3 Å². The molecule has 3 heterocycles. The van der Waals surface area contributed by atoms with Crippen LogP contribution in [0.2, 0.25) is 0 Å². The first kappa shape index (κ1) is 18.9. The number of aromatic nitrogens is 2. The molecule has 1 N–H and O–H groups in total. The van der Waals surface area contributed by atoms with Crippen LogP contribution in [-0.4, -0.2) is 46.9 Å². The van der Waals surface area contributed by atoms with Crippen LogP contribution < -0.4 is 4.74 Å². The van der Waals surface area contributed by atoms with Crippen molar-refractivity contribution in [1.82, 2.24) is 14.9 Å². The minimum absolute atomic E-state index is 0.243. The van der Waals surface area contributed by atoms with Crippen LogP contribution in [0.15, 0.2) is 54.3 Å². The summed E-state index contributed by atoms with van der Waals surface area (Å²) in [5, 5.41) is 1.96. The van der Waals surface area contributed by atoms with Gasteiger partial charge >= 0.3 is 0 Å². The van der Waals surface area contributed by atoms with Gasteiger partial charge in [0.05, 0.1) is 36.2 Å². The van der Waals surface area contributed by atoms with Crippen molar-refractivity contribution in [3.05, 3.63) is 59.2 Å². The van der Waals surface area contributed by atoms with Crippen LogP contribution in [0.25, 0.3) is 11.3 Å². The number of hydrogen-bond acceptors (Lipinski definition) is 5. The van der Waals surface area contributed by atoms with E-state index < -0.39 is 0 Å². The number of likely N-dealkylation sites (tertiary alicyclic amines) is 1. The van der Waals surface area contributed by atoms with Crippen molar-refractivity contribution in [3.63, 3.8) is 0 Å². The predicted octanol–water partition coefficient (Wildman–Crippen LogP) is 4.50. The number of piperidine rings is 1. The third-order valence-corrected chi connectivity index (χ3v) is 6.24. The summed E-state index contributed by atoms with van der Waals surface area (Å²) in [6.07, 6.45) is 6.80. The van der Waals surface area contributed by atoms with Gasteiger partial charge in [0, 0.05) is 5.56 Å². The van der Waals surface area contributed by atoms with E-state index >= 15 is 0 Å². The number of rotatable bonds is 8. The Labute approximate surface area is 169 Å². The van der Waals surface area contributed by atoms with Gasteiger partial charge in [-0.15, -0.1) is 11.3 Å². The maximum atomic E-state index is 12.3. The predicted molar refractivity (Wildman–Crippen MR) is 112 cm³/mol. The third-order valence-electron chi connectivity index (χ3n) is 5.33. The number of imidazole rings is 1. The normalized spacial score (nSPS) is 15.6. The number of thiophene rings is 1. The van der Waals surface area contributed by atoms with E-state index in [2.05, 4.69) is 14.9 Å². The van der Waals surface area contributed by atoms with Gasteiger partial charge in [0.2, 0.25) is 0 Å². The Hall–Kier alpha value is -2.44. The Balaban J connectivity index is 1.22. The summed E-state index contributed by atoms with van der Waals surface area (Å²) < 4.78 is 6.09. The van der Waals surface area contributed by atoms with Gasteiger partial charge in [0.15, 0.2) is 5.78 Å². The van der Waals surface area contributed by atoms with Gasteiger partial charge in [-0.05, 0) is 61.8 Å². The fourth-order valence-electron chi connectivity index (χ4n) is 3.71. The van der Waals surface area contributed by atoms with E-state index in [4.69, 9.17) is 4.74 Å². The molecule has 0 atom stereocenters. The van der Waals surface area contributed by atoms with E-state index in [0.717, 1.165) is 54.2 Å². The minimum atomic E-state index is 0.243. The van der Waals surface area contributed by atoms with Crippen molar-refractivity contribution in [3.8, 4) is 17.0 Å². The van der Waals surface area contributed by atoms with Gasteiger partial charge in [-0.25, -0.2) is 4.98 Å². The summed E-state index contributed by atoms with van der Waals surface area (Å²) in [4.78, 5) is 22.6. The first-order chi connectivity index (χ1) is 13.8. The maximum Gasteiger partial charge on any atom is 0.186 e. The van der Waals surface area contributed by atoms with E-state index in [0.29, 0.717) is 19.1 Å². The second-order valence-electron chi connectivity index (χ2n) is 7.22. The minimum Gasteiger partial charge on any atom is -0.493 e. The number of hydrogen-bond donors (Lipinski definition) is 1. The Bertz CT molecular complexity index is 869. The molecule has 4 rings (SSSR count). The molecule has 146 valence electrons. The number of benzene rings is 1. The molecule has 0 aliphatic carbocycles. The molecule has 5 nitrogen and oxygen atoms in total. The molecular formula is C22H25N3O2S. The van der Waals surface area contributed by atoms with Gasteiger partial charge in [-0.3, -0.25) is 9.69 Å². The van der Waals surface area contributed by atoms with Crippen LogP contribution in [0.4, 0.5) is 0 Å². The summed E-state index contributed by atoms with van der Waals surface area (Å²) in [7, 11) is 0. The molecule has 1 saturated heterocycles. The average Bonchev–Trinajstić information content (AvgIpc) is 3.44. The lowest BCUT2D eigenvalue weighted by Gasteiger charge is -2.31. The molecule has 3 aromatic rings. The molecule has 6 heteroatoms. The van der Waals surface area contributed by atoms with Gasteiger partial charge in [0.25, 0.3) is 0 Å². The zero-order chi connectivity index (χ0) is 19.2. The molecule has 0 amide bonds. The lowest BCUT2D eigenvalue weighted by atomic mass is 9.94. The summed E-state index contributed by atoms with van der Waals surface area (Å²) in [6, 6.07) is 11.9. The van der Waals surface area contributed by atoms with Crippen LogP contribution >= 0.6 is 11.3 Å². The molecule has 0 bridgehead atoms. The quantitative estimate of drug-likeness (QED) is 0.571. The fraction of sp³-hybridized carbons (Fsp3) is 0.364. The molecule has 0 spiro atoms. The summed E-state index contributed by atoms with van der Waals surface area (Å²) in [5.41, 5.74) is 2.02. The molecular weight excluding hydrogens is 370 g/mol.